The Hall–Kier alpha value is -3.06. The normalized spacial score (nSPS) is 13.9. The van der Waals surface area contributed by atoms with Gasteiger partial charge in [-0.3, -0.25) is 4.79 Å². The van der Waals surface area contributed by atoms with Gasteiger partial charge in [0.25, 0.3) is 5.91 Å². The maximum absolute atomic E-state index is 12.9. The van der Waals surface area contributed by atoms with Crippen molar-refractivity contribution in [2.75, 3.05) is 38.2 Å². The minimum atomic E-state index is 0.0616. The molecule has 0 radical (unpaired) electrons. The lowest BCUT2D eigenvalue weighted by Gasteiger charge is -2.36. The highest BCUT2D eigenvalue weighted by Gasteiger charge is 2.22. The second kappa shape index (κ2) is 9.17. The van der Waals surface area contributed by atoms with Crippen LogP contribution in [0.4, 0.5) is 5.69 Å². The molecule has 3 aromatic rings. The van der Waals surface area contributed by atoms with Crippen LogP contribution in [-0.2, 0) is 6.61 Å². The van der Waals surface area contributed by atoms with Gasteiger partial charge < -0.3 is 19.3 Å². The fourth-order valence-corrected chi connectivity index (χ4v) is 4.13. The SMILES string of the molecule is COc1ccc(N2CCN(C(=O)c3ccc(OCc4nc(C)cs4)cc3)CC2)cc1. The number of aromatic nitrogens is 1. The van der Waals surface area contributed by atoms with Crippen molar-refractivity contribution < 1.29 is 14.3 Å². The second-order valence-corrected chi connectivity index (χ2v) is 8.12. The van der Waals surface area contributed by atoms with Crippen molar-refractivity contribution in [1.82, 2.24) is 9.88 Å². The van der Waals surface area contributed by atoms with E-state index in [2.05, 4.69) is 22.0 Å². The first kappa shape index (κ1) is 20.2. The van der Waals surface area contributed by atoms with Crippen molar-refractivity contribution >= 4 is 22.9 Å². The van der Waals surface area contributed by atoms with E-state index in [1.54, 1.807) is 18.4 Å². The third-order valence-electron chi connectivity index (χ3n) is 5.13. The van der Waals surface area contributed by atoms with E-state index in [9.17, 15) is 4.79 Å². The predicted molar refractivity (Wildman–Crippen MR) is 119 cm³/mol. The summed E-state index contributed by atoms with van der Waals surface area (Å²) in [6, 6.07) is 15.4. The van der Waals surface area contributed by atoms with Gasteiger partial charge in [0, 0.05) is 48.5 Å². The number of ether oxygens (including phenoxy) is 2. The van der Waals surface area contributed by atoms with Gasteiger partial charge in [-0.25, -0.2) is 4.98 Å². The summed E-state index contributed by atoms with van der Waals surface area (Å²) in [6.45, 7) is 5.44. The summed E-state index contributed by atoms with van der Waals surface area (Å²) in [5.74, 6) is 1.65. The monoisotopic (exact) mass is 423 g/mol. The molecule has 6 nitrogen and oxygen atoms in total. The number of rotatable bonds is 6. The molecule has 1 saturated heterocycles. The van der Waals surface area contributed by atoms with Gasteiger partial charge in [0.1, 0.15) is 23.1 Å². The zero-order valence-corrected chi connectivity index (χ0v) is 18.0. The number of carbonyl (C=O) groups excluding carboxylic acids is 1. The fourth-order valence-electron chi connectivity index (χ4n) is 3.45. The quantitative estimate of drug-likeness (QED) is 0.600. The first-order chi connectivity index (χ1) is 14.6. The Balaban J connectivity index is 1.30. The van der Waals surface area contributed by atoms with E-state index in [0.717, 1.165) is 41.0 Å². The van der Waals surface area contributed by atoms with Crippen molar-refractivity contribution in [2.45, 2.75) is 13.5 Å². The molecule has 156 valence electrons. The molecule has 0 saturated carbocycles. The maximum Gasteiger partial charge on any atom is 0.253 e. The third kappa shape index (κ3) is 4.74. The van der Waals surface area contributed by atoms with Crippen molar-refractivity contribution in [3.8, 4) is 11.5 Å². The molecule has 1 amide bonds. The Morgan fingerprint density at radius 3 is 2.27 bits per heavy atom. The van der Waals surface area contributed by atoms with Gasteiger partial charge in [-0.15, -0.1) is 11.3 Å². The number of piperazine rings is 1. The van der Waals surface area contributed by atoms with Crippen LogP contribution >= 0.6 is 11.3 Å². The summed E-state index contributed by atoms with van der Waals surface area (Å²) in [4.78, 5) is 21.5. The molecule has 2 aromatic carbocycles. The molecule has 0 aliphatic carbocycles. The van der Waals surface area contributed by atoms with Crippen LogP contribution in [0.2, 0.25) is 0 Å². The third-order valence-corrected chi connectivity index (χ3v) is 6.07. The Bertz CT molecular complexity index is 978. The minimum absolute atomic E-state index is 0.0616. The lowest BCUT2D eigenvalue weighted by atomic mass is 10.1. The molecule has 0 atom stereocenters. The largest absolute Gasteiger partial charge is 0.497 e. The molecule has 1 aromatic heterocycles. The van der Waals surface area contributed by atoms with E-state index in [-0.39, 0.29) is 5.91 Å². The van der Waals surface area contributed by atoms with Gasteiger partial charge in [-0.1, -0.05) is 0 Å². The standard InChI is InChI=1S/C23H25N3O3S/c1-17-16-30-22(24-17)15-29-21-7-3-18(4-8-21)23(27)26-13-11-25(12-14-26)19-5-9-20(28-2)10-6-19/h3-10,16H,11-15H2,1-2H3. The van der Waals surface area contributed by atoms with Gasteiger partial charge in [0.2, 0.25) is 0 Å². The Morgan fingerprint density at radius 2 is 1.67 bits per heavy atom. The highest BCUT2D eigenvalue weighted by molar-refractivity contribution is 7.09. The lowest BCUT2D eigenvalue weighted by Crippen LogP contribution is -2.48. The molecule has 0 spiro atoms. The summed E-state index contributed by atoms with van der Waals surface area (Å²) in [6.07, 6.45) is 0. The van der Waals surface area contributed by atoms with Gasteiger partial charge >= 0.3 is 0 Å². The average Bonchev–Trinajstić information content (AvgIpc) is 3.23. The number of nitrogens with zero attached hydrogens (tertiary/aromatic N) is 3. The van der Waals surface area contributed by atoms with E-state index in [0.29, 0.717) is 25.3 Å². The van der Waals surface area contributed by atoms with Crippen LogP contribution in [0.25, 0.3) is 0 Å². The molecule has 4 rings (SSSR count). The van der Waals surface area contributed by atoms with Crippen LogP contribution in [0, 0.1) is 6.92 Å². The van der Waals surface area contributed by atoms with Crippen LogP contribution in [0.5, 0.6) is 11.5 Å². The first-order valence-electron chi connectivity index (χ1n) is 9.94. The van der Waals surface area contributed by atoms with Crippen molar-refractivity contribution in [2.24, 2.45) is 0 Å². The molecule has 30 heavy (non-hydrogen) atoms. The molecule has 1 aliphatic rings. The molecule has 0 unspecified atom stereocenters. The van der Waals surface area contributed by atoms with Gasteiger partial charge in [-0.2, -0.15) is 0 Å². The van der Waals surface area contributed by atoms with Gasteiger partial charge in [0.15, 0.2) is 0 Å². The van der Waals surface area contributed by atoms with Gasteiger partial charge in [-0.05, 0) is 55.5 Å². The summed E-state index contributed by atoms with van der Waals surface area (Å²) in [7, 11) is 1.67. The Morgan fingerprint density at radius 1 is 1.00 bits per heavy atom. The fraction of sp³-hybridized carbons (Fsp3) is 0.304. The van der Waals surface area contributed by atoms with E-state index in [1.165, 1.54) is 0 Å². The van der Waals surface area contributed by atoms with Crippen LogP contribution in [0.1, 0.15) is 21.1 Å². The van der Waals surface area contributed by atoms with Crippen LogP contribution in [-0.4, -0.2) is 49.1 Å². The summed E-state index contributed by atoms with van der Waals surface area (Å²) < 4.78 is 11.0. The smallest absolute Gasteiger partial charge is 0.253 e. The highest BCUT2D eigenvalue weighted by Crippen LogP contribution is 2.22. The molecule has 1 aliphatic heterocycles. The number of hydrogen-bond acceptors (Lipinski definition) is 6. The van der Waals surface area contributed by atoms with Crippen LogP contribution < -0.4 is 14.4 Å². The number of anilines is 1. The number of amides is 1. The van der Waals surface area contributed by atoms with E-state index in [1.807, 2.05) is 53.6 Å². The second-order valence-electron chi connectivity index (χ2n) is 7.17. The molecule has 0 N–H and O–H groups in total. The number of thiazole rings is 1. The van der Waals surface area contributed by atoms with Crippen molar-refractivity contribution in [1.29, 1.82) is 0 Å². The molecule has 1 fully saturated rings. The molecular formula is C23H25N3O3S. The minimum Gasteiger partial charge on any atom is -0.497 e. The van der Waals surface area contributed by atoms with Crippen molar-refractivity contribution in [3.05, 3.63) is 70.2 Å². The molecule has 0 bridgehead atoms. The van der Waals surface area contributed by atoms with E-state index in [4.69, 9.17) is 9.47 Å². The molecule has 2 heterocycles. The average molecular weight is 424 g/mol. The number of hydrogen-bond donors (Lipinski definition) is 0. The maximum atomic E-state index is 12.9. The van der Waals surface area contributed by atoms with E-state index < -0.39 is 0 Å². The number of aryl methyl sites for hydroxylation is 1. The zero-order chi connectivity index (χ0) is 20.9. The number of methoxy groups -OCH3 is 1. The Labute approximate surface area is 180 Å². The molecular weight excluding hydrogens is 398 g/mol. The summed E-state index contributed by atoms with van der Waals surface area (Å²) >= 11 is 1.59. The Kier molecular flexibility index (Phi) is 6.18. The zero-order valence-electron chi connectivity index (χ0n) is 17.2. The molecule has 7 heteroatoms. The number of carbonyl (C=O) groups is 1. The van der Waals surface area contributed by atoms with Crippen molar-refractivity contribution in [3.63, 3.8) is 0 Å². The van der Waals surface area contributed by atoms with Crippen LogP contribution in [0.15, 0.2) is 53.9 Å². The topological polar surface area (TPSA) is 54.9 Å². The van der Waals surface area contributed by atoms with Gasteiger partial charge in [0.05, 0.1) is 7.11 Å². The summed E-state index contributed by atoms with van der Waals surface area (Å²) in [5.41, 5.74) is 2.84. The van der Waals surface area contributed by atoms with Crippen LogP contribution in [0.3, 0.4) is 0 Å². The summed E-state index contributed by atoms with van der Waals surface area (Å²) in [5, 5.41) is 2.96. The predicted octanol–water partition coefficient (Wildman–Crippen LogP) is 4.00. The lowest BCUT2D eigenvalue weighted by molar-refractivity contribution is 0.0746. The first-order valence-corrected chi connectivity index (χ1v) is 10.8. The number of benzene rings is 2. The highest BCUT2D eigenvalue weighted by atomic mass is 32.1. The van der Waals surface area contributed by atoms with E-state index >= 15 is 0 Å².